The maximum atomic E-state index is 13.6. The summed E-state index contributed by atoms with van der Waals surface area (Å²) < 4.78 is 28.2. The number of hydrogen-bond acceptors (Lipinski definition) is 5. The zero-order valence-corrected chi connectivity index (χ0v) is 21.8. The van der Waals surface area contributed by atoms with Gasteiger partial charge in [0.1, 0.15) is 6.54 Å². The first-order valence-electron chi connectivity index (χ1n) is 11.3. The van der Waals surface area contributed by atoms with Crippen molar-refractivity contribution < 1.29 is 18.0 Å². The molecule has 0 radical (unpaired) electrons. The van der Waals surface area contributed by atoms with Gasteiger partial charge in [0, 0.05) is 12.6 Å². The second-order valence-corrected chi connectivity index (χ2v) is 10.5. The fourth-order valence-corrected chi connectivity index (χ4v) is 5.05. The van der Waals surface area contributed by atoms with E-state index in [1.807, 2.05) is 26.8 Å². The van der Waals surface area contributed by atoms with E-state index in [9.17, 15) is 18.0 Å². The largest absolute Gasteiger partial charge is 0.326 e. The van der Waals surface area contributed by atoms with Gasteiger partial charge in [-0.25, -0.2) is 13.8 Å². The molecule has 0 aliphatic rings. The molecular formula is C27H30N4O4S. The lowest BCUT2D eigenvalue weighted by atomic mass is 10.1. The molecule has 0 unspecified atom stereocenters. The zero-order valence-electron chi connectivity index (χ0n) is 21.0. The van der Waals surface area contributed by atoms with Gasteiger partial charge in [0.2, 0.25) is 5.91 Å². The zero-order chi connectivity index (χ0) is 26.5. The van der Waals surface area contributed by atoms with Gasteiger partial charge in [-0.3, -0.25) is 13.9 Å². The third-order valence-electron chi connectivity index (χ3n) is 5.34. The summed E-state index contributed by atoms with van der Waals surface area (Å²) in [4.78, 5) is 24.3. The Labute approximate surface area is 212 Å². The SMILES string of the molecule is CC(=O)Nc1cccc(/C(C)=N\NC(=O)CN(c2cc(C)cc(C)c2)S(=O)(=O)c2ccc(C)cc2)c1. The van der Waals surface area contributed by atoms with E-state index in [0.717, 1.165) is 21.0 Å². The lowest BCUT2D eigenvalue weighted by Crippen LogP contribution is -2.39. The number of sulfonamides is 1. The highest BCUT2D eigenvalue weighted by Crippen LogP contribution is 2.26. The van der Waals surface area contributed by atoms with Crippen LogP contribution in [0, 0.1) is 20.8 Å². The van der Waals surface area contributed by atoms with Crippen LogP contribution < -0.4 is 15.0 Å². The summed E-state index contributed by atoms with van der Waals surface area (Å²) >= 11 is 0. The molecule has 0 bridgehead atoms. The molecule has 0 aromatic heterocycles. The molecule has 0 fully saturated rings. The molecule has 0 aliphatic carbocycles. The molecule has 188 valence electrons. The molecule has 3 aromatic rings. The number of nitrogens with one attached hydrogen (secondary N) is 2. The number of rotatable bonds is 8. The predicted molar refractivity (Wildman–Crippen MR) is 143 cm³/mol. The first kappa shape index (κ1) is 26.6. The normalized spacial score (nSPS) is 11.6. The van der Waals surface area contributed by atoms with Crippen LogP contribution in [-0.4, -0.2) is 32.5 Å². The van der Waals surface area contributed by atoms with Crippen molar-refractivity contribution in [3.63, 3.8) is 0 Å². The number of nitrogens with zero attached hydrogens (tertiary/aromatic N) is 2. The molecule has 0 aliphatic heterocycles. The topological polar surface area (TPSA) is 108 Å². The summed E-state index contributed by atoms with van der Waals surface area (Å²) in [6.45, 7) is 8.28. The van der Waals surface area contributed by atoms with Gasteiger partial charge in [-0.2, -0.15) is 5.10 Å². The lowest BCUT2D eigenvalue weighted by molar-refractivity contribution is -0.119. The minimum atomic E-state index is -4.02. The van der Waals surface area contributed by atoms with Crippen molar-refractivity contribution >= 4 is 38.9 Å². The summed E-state index contributed by atoms with van der Waals surface area (Å²) in [5, 5.41) is 6.84. The molecule has 2 N–H and O–H groups in total. The molecule has 0 saturated heterocycles. The summed E-state index contributed by atoms with van der Waals surface area (Å²) in [5.41, 5.74) is 7.33. The highest BCUT2D eigenvalue weighted by molar-refractivity contribution is 7.92. The number of anilines is 2. The van der Waals surface area contributed by atoms with Gasteiger partial charge in [0.15, 0.2) is 0 Å². The van der Waals surface area contributed by atoms with Crippen LogP contribution in [0.1, 0.15) is 36.1 Å². The van der Waals surface area contributed by atoms with Gasteiger partial charge in [-0.05, 0) is 80.8 Å². The third-order valence-corrected chi connectivity index (χ3v) is 7.13. The van der Waals surface area contributed by atoms with Crippen molar-refractivity contribution in [2.45, 2.75) is 39.5 Å². The Morgan fingerprint density at radius 3 is 2.11 bits per heavy atom. The van der Waals surface area contributed by atoms with Crippen molar-refractivity contribution in [1.82, 2.24) is 5.43 Å². The minimum Gasteiger partial charge on any atom is -0.326 e. The lowest BCUT2D eigenvalue weighted by Gasteiger charge is -2.24. The fraction of sp³-hybridized carbons (Fsp3) is 0.222. The smallest absolute Gasteiger partial charge is 0.264 e. The Kier molecular flexibility index (Phi) is 8.26. The van der Waals surface area contributed by atoms with Crippen LogP contribution in [0.2, 0.25) is 0 Å². The highest BCUT2D eigenvalue weighted by Gasteiger charge is 2.27. The summed E-state index contributed by atoms with van der Waals surface area (Å²) in [5.74, 6) is -0.793. The quantitative estimate of drug-likeness (QED) is 0.351. The van der Waals surface area contributed by atoms with E-state index >= 15 is 0 Å². The average molecular weight is 507 g/mol. The maximum absolute atomic E-state index is 13.6. The number of amides is 2. The molecule has 0 spiro atoms. The molecule has 36 heavy (non-hydrogen) atoms. The number of benzene rings is 3. The van der Waals surface area contributed by atoms with E-state index in [0.29, 0.717) is 22.6 Å². The first-order chi connectivity index (χ1) is 17.0. The van der Waals surface area contributed by atoms with E-state index < -0.39 is 22.5 Å². The second-order valence-electron chi connectivity index (χ2n) is 8.66. The number of hydrazone groups is 1. The molecule has 3 rings (SSSR count). The Morgan fingerprint density at radius 1 is 0.861 bits per heavy atom. The van der Waals surface area contributed by atoms with Gasteiger partial charge >= 0.3 is 0 Å². The van der Waals surface area contributed by atoms with Crippen molar-refractivity contribution in [1.29, 1.82) is 0 Å². The van der Waals surface area contributed by atoms with E-state index in [1.54, 1.807) is 55.5 Å². The Balaban J connectivity index is 1.88. The Hall–Kier alpha value is -3.98. The standard InChI is InChI=1S/C27H30N4O4S/c1-18-9-11-26(12-10-18)36(34,35)31(25-14-19(2)13-20(3)15-25)17-27(33)30-29-21(4)23-7-6-8-24(16-23)28-22(5)32/h6-16H,17H2,1-5H3,(H,28,32)(H,30,33)/b29-21-. The number of hydrogen-bond donors (Lipinski definition) is 2. The fourth-order valence-electron chi connectivity index (χ4n) is 3.65. The first-order valence-corrected chi connectivity index (χ1v) is 12.8. The second kappa shape index (κ2) is 11.2. The Morgan fingerprint density at radius 2 is 1.50 bits per heavy atom. The van der Waals surface area contributed by atoms with Crippen molar-refractivity contribution in [3.8, 4) is 0 Å². The molecule has 0 atom stereocenters. The molecule has 3 aromatic carbocycles. The maximum Gasteiger partial charge on any atom is 0.264 e. The van der Waals surface area contributed by atoms with E-state index in [2.05, 4.69) is 15.8 Å². The van der Waals surface area contributed by atoms with Crippen LogP contribution in [0.3, 0.4) is 0 Å². The molecule has 8 nitrogen and oxygen atoms in total. The van der Waals surface area contributed by atoms with Crippen LogP contribution in [0.25, 0.3) is 0 Å². The number of carbonyl (C=O) groups excluding carboxylic acids is 2. The minimum absolute atomic E-state index is 0.0922. The van der Waals surface area contributed by atoms with E-state index in [1.165, 1.54) is 19.1 Å². The molecular weight excluding hydrogens is 476 g/mol. The summed E-state index contributed by atoms with van der Waals surface area (Å²) in [6, 6.07) is 18.9. The summed E-state index contributed by atoms with van der Waals surface area (Å²) in [6.07, 6.45) is 0. The Bertz CT molecular complexity index is 1390. The number of carbonyl (C=O) groups is 2. The monoisotopic (exact) mass is 506 g/mol. The van der Waals surface area contributed by atoms with Gasteiger partial charge < -0.3 is 5.32 Å². The van der Waals surface area contributed by atoms with Crippen molar-refractivity contribution in [2.75, 3.05) is 16.2 Å². The van der Waals surface area contributed by atoms with Gasteiger partial charge in [0.25, 0.3) is 15.9 Å². The van der Waals surface area contributed by atoms with Crippen LogP contribution >= 0.6 is 0 Å². The molecule has 0 heterocycles. The molecule has 9 heteroatoms. The van der Waals surface area contributed by atoms with Crippen LogP contribution in [-0.2, 0) is 19.6 Å². The van der Waals surface area contributed by atoms with Gasteiger partial charge in [-0.1, -0.05) is 35.9 Å². The molecule has 0 saturated carbocycles. The third kappa shape index (κ3) is 6.79. The van der Waals surface area contributed by atoms with Gasteiger partial charge in [-0.15, -0.1) is 0 Å². The van der Waals surface area contributed by atoms with Crippen molar-refractivity contribution in [3.05, 3.63) is 89.0 Å². The van der Waals surface area contributed by atoms with E-state index in [-0.39, 0.29) is 10.8 Å². The van der Waals surface area contributed by atoms with Crippen molar-refractivity contribution in [2.24, 2.45) is 5.10 Å². The van der Waals surface area contributed by atoms with Crippen LogP contribution in [0.15, 0.2) is 76.7 Å². The number of aryl methyl sites for hydroxylation is 3. The predicted octanol–water partition coefficient (Wildman–Crippen LogP) is 4.31. The molecule has 2 amide bonds. The van der Waals surface area contributed by atoms with E-state index in [4.69, 9.17) is 0 Å². The van der Waals surface area contributed by atoms with Crippen LogP contribution in [0.4, 0.5) is 11.4 Å². The van der Waals surface area contributed by atoms with Gasteiger partial charge in [0.05, 0.1) is 16.3 Å². The van der Waals surface area contributed by atoms with Crippen LogP contribution in [0.5, 0.6) is 0 Å². The summed E-state index contributed by atoms with van der Waals surface area (Å²) in [7, 11) is -4.02. The highest BCUT2D eigenvalue weighted by atomic mass is 32.2. The average Bonchev–Trinajstić information content (AvgIpc) is 2.80.